The SMILES string of the molecule is Nc1ccc2ncnc(NC[C@H]3CC[C@H](N4CCCC(F)(F)CC4)CC3)c2c1. The lowest BCUT2D eigenvalue weighted by Gasteiger charge is -2.36. The van der Waals surface area contributed by atoms with E-state index in [-0.39, 0.29) is 12.8 Å². The van der Waals surface area contributed by atoms with Gasteiger partial charge in [-0.05, 0) is 62.8 Å². The van der Waals surface area contributed by atoms with Crippen LogP contribution in [0.1, 0.15) is 44.9 Å². The highest BCUT2D eigenvalue weighted by molar-refractivity contribution is 5.91. The number of halogens is 2. The van der Waals surface area contributed by atoms with Gasteiger partial charge in [-0.15, -0.1) is 0 Å². The molecular formula is C21H29F2N5. The molecule has 1 saturated heterocycles. The molecule has 1 aliphatic heterocycles. The van der Waals surface area contributed by atoms with E-state index < -0.39 is 5.92 Å². The average Bonchev–Trinajstić information content (AvgIpc) is 2.87. The first-order chi connectivity index (χ1) is 13.5. The van der Waals surface area contributed by atoms with E-state index >= 15 is 0 Å². The number of nitrogens with zero attached hydrogens (tertiary/aromatic N) is 3. The normalized spacial score (nSPS) is 26.1. The molecule has 1 aromatic heterocycles. The number of aromatic nitrogens is 2. The van der Waals surface area contributed by atoms with Crippen LogP contribution in [-0.4, -0.2) is 46.5 Å². The van der Waals surface area contributed by atoms with Gasteiger partial charge in [0.1, 0.15) is 12.1 Å². The monoisotopic (exact) mass is 389 g/mol. The Kier molecular flexibility index (Phi) is 5.62. The highest BCUT2D eigenvalue weighted by Gasteiger charge is 2.34. The highest BCUT2D eigenvalue weighted by Crippen LogP contribution is 2.33. The molecule has 2 fully saturated rings. The number of benzene rings is 1. The van der Waals surface area contributed by atoms with E-state index in [9.17, 15) is 8.78 Å². The first-order valence-electron chi connectivity index (χ1n) is 10.4. The van der Waals surface area contributed by atoms with Crippen molar-refractivity contribution in [2.45, 2.75) is 56.9 Å². The van der Waals surface area contributed by atoms with E-state index in [0.717, 1.165) is 55.5 Å². The fourth-order valence-corrected chi connectivity index (χ4v) is 4.62. The molecule has 0 amide bonds. The Labute approximate surface area is 164 Å². The summed E-state index contributed by atoms with van der Waals surface area (Å²) in [5.74, 6) is -1.07. The molecule has 152 valence electrons. The largest absolute Gasteiger partial charge is 0.399 e. The number of anilines is 2. The Hall–Kier alpha value is -2.02. The lowest BCUT2D eigenvalue weighted by atomic mass is 9.85. The van der Waals surface area contributed by atoms with E-state index in [2.05, 4.69) is 20.2 Å². The van der Waals surface area contributed by atoms with E-state index in [0.29, 0.717) is 30.6 Å². The summed E-state index contributed by atoms with van der Waals surface area (Å²) >= 11 is 0. The summed E-state index contributed by atoms with van der Waals surface area (Å²) in [4.78, 5) is 11.0. The van der Waals surface area contributed by atoms with Crippen LogP contribution in [0.4, 0.5) is 20.3 Å². The maximum absolute atomic E-state index is 13.6. The van der Waals surface area contributed by atoms with Gasteiger partial charge in [0.05, 0.1) is 5.52 Å². The van der Waals surface area contributed by atoms with Crippen LogP contribution in [-0.2, 0) is 0 Å². The van der Waals surface area contributed by atoms with Crippen molar-refractivity contribution < 1.29 is 8.78 Å². The molecule has 2 aliphatic rings. The second-order valence-corrected chi connectivity index (χ2v) is 8.30. The standard InChI is InChI=1S/C21H29F2N5/c22-21(23)8-1-10-28(11-9-21)17-5-2-15(3-6-17)13-25-20-18-12-16(24)4-7-19(18)26-14-27-20/h4,7,12,14-15,17H,1-3,5-6,8-11,13,24H2,(H,25,26,27)/t15-,17-. The van der Waals surface area contributed by atoms with Gasteiger partial charge < -0.3 is 16.0 Å². The van der Waals surface area contributed by atoms with E-state index in [4.69, 9.17) is 5.73 Å². The van der Waals surface area contributed by atoms with Crippen LogP contribution in [0.3, 0.4) is 0 Å². The van der Waals surface area contributed by atoms with Gasteiger partial charge in [0.15, 0.2) is 0 Å². The molecule has 4 rings (SSSR count). The predicted octanol–water partition coefficient (Wildman–Crippen LogP) is 4.30. The number of nitrogens with one attached hydrogen (secondary N) is 1. The van der Waals surface area contributed by atoms with Gasteiger partial charge in [-0.1, -0.05) is 0 Å². The van der Waals surface area contributed by atoms with Gasteiger partial charge in [0, 0.05) is 43.0 Å². The van der Waals surface area contributed by atoms with Gasteiger partial charge in [-0.25, -0.2) is 18.7 Å². The molecule has 28 heavy (non-hydrogen) atoms. The minimum atomic E-state index is -2.47. The molecule has 0 spiro atoms. The number of alkyl halides is 2. The Bertz CT molecular complexity index is 804. The number of nitrogen functional groups attached to an aromatic ring is 1. The lowest BCUT2D eigenvalue weighted by molar-refractivity contribution is -0.0146. The quantitative estimate of drug-likeness (QED) is 0.763. The molecule has 2 heterocycles. The maximum atomic E-state index is 13.6. The van der Waals surface area contributed by atoms with Gasteiger partial charge >= 0.3 is 0 Å². The minimum Gasteiger partial charge on any atom is -0.399 e. The number of nitrogens with two attached hydrogens (primary N) is 1. The van der Waals surface area contributed by atoms with Crippen molar-refractivity contribution in [3.63, 3.8) is 0 Å². The number of hydrogen-bond donors (Lipinski definition) is 2. The molecule has 5 nitrogen and oxygen atoms in total. The minimum absolute atomic E-state index is 0.0123. The molecule has 0 bridgehead atoms. The zero-order valence-electron chi connectivity index (χ0n) is 16.2. The van der Waals surface area contributed by atoms with Crippen LogP contribution in [0.25, 0.3) is 10.9 Å². The van der Waals surface area contributed by atoms with Crippen molar-refractivity contribution >= 4 is 22.4 Å². The lowest BCUT2D eigenvalue weighted by Crippen LogP contribution is -2.39. The molecule has 0 unspecified atom stereocenters. The molecule has 1 saturated carbocycles. The zero-order chi connectivity index (χ0) is 19.6. The number of hydrogen-bond acceptors (Lipinski definition) is 5. The first-order valence-corrected chi connectivity index (χ1v) is 10.4. The van der Waals surface area contributed by atoms with Crippen molar-refractivity contribution in [3.8, 4) is 0 Å². The van der Waals surface area contributed by atoms with Crippen molar-refractivity contribution in [2.75, 3.05) is 30.7 Å². The van der Waals surface area contributed by atoms with Crippen LogP contribution in [0.2, 0.25) is 0 Å². The Balaban J connectivity index is 1.30. The smallest absolute Gasteiger partial charge is 0.249 e. The third kappa shape index (κ3) is 4.51. The molecular weight excluding hydrogens is 360 g/mol. The number of fused-ring (bicyclic) bond motifs is 1. The molecule has 2 aromatic rings. The van der Waals surface area contributed by atoms with Crippen molar-refractivity contribution in [1.29, 1.82) is 0 Å². The van der Waals surface area contributed by atoms with Gasteiger partial charge in [-0.3, -0.25) is 0 Å². The molecule has 0 atom stereocenters. The van der Waals surface area contributed by atoms with Gasteiger partial charge in [0.25, 0.3) is 0 Å². The summed E-state index contributed by atoms with van der Waals surface area (Å²) in [6.45, 7) is 2.22. The second kappa shape index (κ2) is 8.15. The summed E-state index contributed by atoms with van der Waals surface area (Å²) in [5, 5.41) is 4.43. The van der Waals surface area contributed by atoms with Crippen LogP contribution >= 0.6 is 0 Å². The second-order valence-electron chi connectivity index (χ2n) is 8.30. The average molecular weight is 389 g/mol. The molecule has 1 aromatic carbocycles. The fourth-order valence-electron chi connectivity index (χ4n) is 4.62. The summed E-state index contributed by atoms with van der Waals surface area (Å²) in [6.07, 6.45) is 6.67. The highest BCUT2D eigenvalue weighted by atomic mass is 19.3. The van der Waals surface area contributed by atoms with Crippen molar-refractivity contribution in [2.24, 2.45) is 5.92 Å². The molecule has 1 aliphatic carbocycles. The van der Waals surface area contributed by atoms with Crippen LogP contribution in [0, 0.1) is 5.92 Å². The van der Waals surface area contributed by atoms with Crippen LogP contribution in [0.15, 0.2) is 24.5 Å². The van der Waals surface area contributed by atoms with E-state index in [1.54, 1.807) is 6.33 Å². The molecule has 3 N–H and O–H groups in total. The Morgan fingerprint density at radius 2 is 1.93 bits per heavy atom. The van der Waals surface area contributed by atoms with Crippen molar-refractivity contribution in [1.82, 2.24) is 14.9 Å². The topological polar surface area (TPSA) is 67.1 Å². The van der Waals surface area contributed by atoms with Gasteiger partial charge in [-0.2, -0.15) is 0 Å². The first kappa shape index (κ1) is 19.3. The van der Waals surface area contributed by atoms with E-state index in [1.807, 2.05) is 18.2 Å². The van der Waals surface area contributed by atoms with Crippen LogP contribution in [0.5, 0.6) is 0 Å². The molecule has 0 radical (unpaired) electrons. The molecule has 7 heteroatoms. The summed E-state index contributed by atoms with van der Waals surface area (Å²) in [5.41, 5.74) is 7.50. The maximum Gasteiger partial charge on any atom is 0.249 e. The summed E-state index contributed by atoms with van der Waals surface area (Å²) in [7, 11) is 0. The predicted molar refractivity (Wildman–Crippen MR) is 109 cm³/mol. The zero-order valence-corrected chi connectivity index (χ0v) is 16.2. The van der Waals surface area contributed by atoms with E-state index in [1.165, 1.54) is 0 Å². The summed E-state index contributed by atoms with van der Waals surface area (Å²) < 4.78 is 27.2. The number of likely N-dealkylation sites (tertiary alicyclic amines) is 1. The Morgan fingerprint density at radius 3 is 2.75 bits per heavy atom. The van der Waals surface area contributed by atoms with Crippen molar-refractivity contribution in [3.05, 3.63) is 24.5 Å². The third-order valence-electron chi connectivity index (χ3n) is 6.30. The Morgan fingerprint density at radius 1 is 1.11 bits per heavy atom. The third-order valence-corrected chi connectivity index (χ3v) is 6.30. The fraction of sp³-hybridized carbons (Fsp3) is 0.619. The number of rotatable bonds is 4. The van der Waals surface area contributed by atoms with Gasteiger partial charge in [0.2, 0.25) is 5.92 Å². The van der Waals surface area contributed by atoms with Crippen LogP contribution < -0.4 is 11.1 Å². The summed E-state index contributed by atoms with van der Waals surface area (Å²) in [6, 6.07) is 6.13.